The van der Waals surface area contributed by atoms with E-state index in [4.69, 9.17) is 37.9 Å². The highest BCUT2D eigenvalue weighted by Crippen LogP contribution is 2.22. The van der Waals surface area contributed by atoms with Gasteiger partial charge in [-0.1, -0.05) is 0 Å². The van der Waals surface area contributed by atoms with E-state index in [-0.39, 0.29) is 131 Å². The van der Waals surface area contributed by atoms with E-state index < -0.39 is 103 Å². The Kier molecular flexibility index (Phi) is 19.4. The van der Waals surface area contributed by atoms with Crippen LogP contribution in [0.1, 0.15) is 51.4 Å². The van der Waals surface area contributed by atoms with Crippen molar-refractivity contribution in [3.63, 3.8) is 0 Å². The van der Waals surface area contributed by atoms with E-state index in [0.29, 0.717) is 19.6 Å². The zero-order chi connectivity index (χ0) is 44.4. The summed E-state index contributed by atoms with van der Waals surface area (Å²) in [5.41, 5.74) is -1.15. The quantitative estimate of drug-likeness (QED) is 0.0553. The molecule has 4 fully saturated rings. The molecule has 0 saturated carbocycles. The van der Waals surface area contributed by atoms with Crippen molar-refractivity contribution in [2.75, 3.05) is 106 Å². The minimum atomic E-state index is -1.15. The van der Waals surface area contributed by atoms with Gasteiger partial charge >= 0.3 is 0 Å². The molecule has 0 aromatic rings. The van der Waals surface area contributed by atoms with Crippen molar-refractivity contribution >= 4 is 70.9 Å². The maximum atomic E-state index is 12.3. The normalized spacial score (nSPS) is 17.3. The first-order valence-electron chi connectivity index (χ1n) is 19.4. The van der Waals surface area contributed by atoms with Crippen LogP contribution in [-0.4, -0.2) is 196 Å². The van der Waals surface area contributed by atoms with Crippen LogP contribution in [0.25, 0.3) is 0 Å². The molecule has 0 unspecified atom stereocenters. The van der Waals surface area contributed by atoms with Crippen molar-refractivity contribution in [2.24, 2.45) is 5.41 Å². The summed E-state index contributed by atoms with van der Waals surface area (Å²) in [5, 5.41) is 0. The van der Waals surface area contributed by atoms with Gasteiger partial charge in [0.25, 0.3) is 23.6 Å². The molecule has 61 heavy (non-hydrogen) atoms. The molecule has 0 bridgehead atoms. The zero-order valence-electron chi connectivity index (χ0n) is 33.4. The maximum Gasteiger partial charge on any atom is 0.262 e. The average molecular weight is 869 g/mol. The number of carbonyl (C=O) groups is 12. The number of ether oxygens (including phenoxy) is 8. The van der Waals surface area contributed by atoms with Gasteiger partial charge in [-0.15, -0.1) is 0 Å². The Morgan fingerprint density at radius 2 is 0.475 bits per heavy atom. The Bertz CT molecular complexity index is 1410. The first kappa shape index (κ1) is 48.6. The first-order chi connectivity index (χ1) is 29.2. The lowest BCUT2D eigenvalue weighted by Gasteiger charge is -2.33. The lowest BCUT2D eigenvalue weighted by atomic mass is 9.92. The fourth-order valence-electron chi connectivity index (χ4n) is 6.19. The second-order valence-electron chi connectivity index (χ2n) is 14.0. The predicted molar refractivity (Wildman–Crippen MR) is 193 cm³/mol. The molecule has 4 saturated heterocycles. The van der Waals surface area contributed by atoms with Crippen molar-refractivity contribution in [1.82, 2.24) is 19.6 Å². The van der Waals surface area contributed by atoms with Crippen LogP contribution in [0.2, 0.25) is 0 Å². The van der Waals surface area contributed by atoms with Crippen molar-refractivity contribution < 1.29 is 95.4 Å². The lowest BCUT2D eigenvalue weighted by molar-refractivity contribution is -0.154. The van der Waals surface area contributed by atoms with Gasteiger partial charge < -0.3 is 37.9 Å². The third kappa shape index (κ3) is 14.5. The molecule has 0 radical (unpaired) electrons. The minimum absolute atomic E-state index is 0.0669. The molecule has 4 aliphatic rings. The molecule has 24 heteroatoms. The number of imide groups is 12. The van der Waals surface area contributed by atoms with Gasteiger partial charge in [-0.05, 0) is 0 Å². The predicted octanol–water partition coefficient (Wildman–Crippen LogP) is -3.19. The second-order valence-corrected chi connectivity index (χ2v) is 14.0. The summed E-state index contributed by atoms with van der Waals surface area (Å²) >= 11 is 0. The number of hydrogen-bond donors (Lipinski definition) is 0. The van der Waals surface area contributed by atoms with Gasteiger partial charge in [-0.25, -0.2) is 19.6 Å². The molecule has 4 heterocycles. The van der Waals surface area contributed by atoms with Gasteiger partial charge in [0.15, 0.2) is 0 Å². The van der Waals surface area contributed by atoms with E-state index in [0.717, 1.165) is 0 Å². The van der Waals surface area contributed by atoms with Crippen LogP contribution < -0.4 is 0 Å². The number of likely N-dealkylation sites (tertiary alicyclic amines) is 4. The van der Waals surface area contributed by atoms with Crippen LogP contribution >= 0.6 is 0 Å². The van der Waals surface area contributed by atoms with Gasteiger partial charge in [-0.3, -0.25) is 57.5 Å². The fourth-order valence-corrected chi connectivity index (χ4v) is 6.19. The Balaban J connectivity index is 1.31. The van der Waals surface area contributed by atoms with Crippen LogP contribution in [0.4, 0.5) is 0 Å². The summed E-state index contributed by atoms with van der Waals surface area (Å²) in [4.78, 5) is 146. The summed E-state index contributed by atoms with van der Waals surface area (Å²) in [6.45, 7) is -3.81. The van der Waals surface area contributed by atoms with Crippen molar-refractivity contribution in [3.8, 4) is 0 Å². The van der Waals surface area contributed by atoms with E-state index in [2.05, 4.69) is 0 Å². The molecule has 0 aliphatic carbocycles. The first-order valence-corrected chi connectivity index (χ1v) is 19.4. The van der Waals surface area contributed by atoms with Gasteiger partial charge in [0.05, 0.1) is 84.7 Å². The highest BCUT2D eigenvalue weighted by Gasteiger charge is 2.38. The third-order valence-electron chi connectivity index (χ3n) is 9.23. The smallest absolute Gasteiger partial charge is 0.262 e. The molecule has 0 N–H and O–H groups in total. The fraction of sp³-hybridized carbons (Fsp3) is 0.676. The molecule has 12 amide bonds. The summed E-state index contributed by atoms with van der Waals surface area (Å²) in [6.07, 6.45) is -0.535. The van der Waals surface area contributed by atoms with E-state index in [1.54, 1.807) is 0 Å². The highest BCUT2D eigenvalue weighted by molar-refractivity contribution is 6.17. The number of amides is 12. The van der Waals surface area contributed by atoms with Gasteiger partial charge in [0.2, 0.25) is 47.3 Å². The van der Waals surface area contributed by atoms with Crippen molar-refractivity contribution in [2.45, 2.75) is 51.4 Å². The minimum Gasteiger partial charge on any atom is -0.378 e. The summed E-state index contributed by atoms with van der Waals surface area (Å²) < 4.78 is 44.7. The van der Waals surface area contributed by atoms with Gasteiger partial charge in [-0.2, -0.15) is 0 Å². The topological polar surface area (TPSA) is 292 Å². The molecule has 0 atom stereocenters. The lowest BCUT2D eigenvalue weighted by Crippen LogP contribution is -2.43. The highest BCUT2D eigenvalue weighted by atomic mass is 16.6. The summed E-state index contributed by atoms with van der Waals surface area (Å²) in [6, 6.07) is 0. The molecule has 336 valence electrons. The molecular formula is C37H48N4O20. The molecule has 0 aromatic carbocycles. The van der Waals surface area contributed by atoms with Crippen LogP contribution in [0.15, 0.2) is 0 Å². The molecular weight excluding hydrogens is 820 g/mol. The van der Waals surface area contributed by atoms with E-state index >= 15 is 0 Å². The Morgan fingerprint density at radius 1 is 0.311 bits per heavy atom. The van der Waals surface area contributed by atoms with Crippen LogP contribution in [0, 0.1) is 5.41 Å². The molecule has 0 aromatic heterocycles. The van der Waals surface area contributed by atoms with Crippen molar-refractivity contribution in [3.05, 3.63) is 0 Å². The maximum absolute atomic E-state index is 12.3. The second kappa shape index (κ2) is 24.4. The zero-order valence-corrected chi connectivity index (χ0v) is 33.4. The Morgan fingerprint density at radius 3 is 0.656 bits per heavy atom. The van der Waals surface area contributed by atoms with E-state index in [1.807, 2.05) is 0 Å². The summed E-state index contributed by atoms with van der Waals surface area (Å²) in [7, 11) is 0. The Labute approximate surface area is 348 Å². The van der Waals surface area contributed by atoms with Crippen LogP contribution in [0.3, 0.4) is 0 Å². The SMILES string of the molecule is O=C1CCC(=O)N1C(=O)COCCOCC(COCCOCC(=O)N1C(=O)CCC1=O)(COCCOCC(=O)N1C(=O)CCC1=O)COCCOCC(=O)N1C(=O)CCC1=O. The molecule has 4 rings (SSSR count). The van der Waals surface area contributed by atoms with Crippen LogP contribution in [-0.2, 0) is 95.4 Å². The van der Waals surface area contributed by atoms with Crippen molar-refractivity contribution in [1.29, 1.82) is 0 Å². The van der Waals surface area contributed by atoms with Gasteiger partial charge in [0, 0.05) is 51.4 Å². The third-order valence-corrected chi connectivity index (χ3v) is 9.23. The van der Waals surface area contributed by atoms with E-state index in [1.165, 1.54) is 0 Å². The summed E-state index contributed by atoms with van der Waals surface area (Å²) in [5.74, 6) is -8.18. The molecule has 24 nitrogen and oxygen atoms in total. The Hall–Kier alpha value is -5.08. The number of carbonyl (C=O) groups excluding carboxylic acids is 12. The number of hydrogen-bond acceptors (Lipinski definition) is 20. The van der Waals surface area contributed by atoms with Gasteiger partial charge in [0.1, 0.15) is 26.4 Å². The molecule has 4 aliphatic heterocycles. The largest absolute Gasteiger partial charge is 0.378 e. The number of nitrogens with zero attached hydrogens (tertiary/aromatic N) is 4. The standard InChI is InChI=1S/C37H48N4O20/c42-25-1-2-26(43)38(25)33(50)17-54-9-13-58-21-37(22-59-14-10-55-18-34(51)39-27(44)3-4-28(39)45,23-60-15-11-56-19-35(52)40-29(46)5-6-30(40)47)24-61-16-12-57-20-36(53)41-31(48)7-8-32(41)49/h1-24H2. The number of rotatable bonds is 28. The molecule has 0 spiro atoms. The van der Waals surface area contributed by atoms with Crippen LogP contribution in [0.5, 0.6) is 0 Å². The van der Waals surface area contributed by atoms with E-state index in [9.17, 15) is 57.5 Å². The monoisotopic (exact) mass is 868 g/mol. The average Bonchev–Trinajstić information content (AvgIpc) is 3.96.